The molecular formula is C14H13ClF3NO. The molecule has 0 radical (unpaired) electrons. The number of hydrogen-bond acceptors (Lipinski definition) is 2. The second-order valence-electron chi connectivity index (χ2n) is 4.80. The monoisotopic (exact) mass is 303 g/mol. The molecule has 0 aliphatic heterocycles. The van der Waals surface area contributed by atoms with E-state index < -0.39 is 18.2 Å². The Morgan fingerprint density at radius 3 is 2.55 bits per heavy atom. The molecule has 2 unspecified atom stereocenters. The highest BCUT2D eigenvalue weighted by molar-refractivity contribution is 6.30. The molecule has 2 atom stereocenters. The van der Waals surface area contributed by atoms with Crippen molar-refractivity contribution in [2.45, 2.75) is 25.1 Å². The van der Waals surface area contributed by atoms with Crippen molar-refractivity contribution >= 4 is 17.3 Å². The summed E-state index contributed by atoms with van der Waals surface area (Å²) in [5, 5.41) is 10.2. The summed E-state index contributed by atoms with van der Waals surface area (Å²) in [5.41, 5.74) is 5.61. The van der Waals surface area contributed by atoms with Crippen LogP contribution in [0.1, 0.15) is 24.5 Å². The van der Waals surface area contributed by atoms with E-state index in [2.05, 4.69) is 11.8 Å². The average molecular weight is 304 g/mol. The molecule has 0 saturated heterocycles. The van der Waals surface area contributed by atoms with Gasteiger partial charge in [-0.05, 0) is 31.0 Å². The zero-order valence-corrected chi connectivity index (χ0v) is 11.2. The van der Waals surface area contributed by atoms with E-state index in [1.54, 1.807) is 0 Å². The molecule has 108 valence electrons. The van der Waals surface area contributed by atoms with Gasteiger partial charge in [-0.25, -0.2) is 0 Å². The zero-order chi connectivity index (χ0) is 14.9. The third kappa shape index (κ3) is 3.59. The third-order valence-electron chi connectivity index (χ3n) is 3.06. The number of aliphatic hydroxyl groups excluding tert-OH is 1. The summed E-state index contributed by atoms with van der Waals surface area (Å²) < 4.78 is 39.1. The summed E-state index contributed by atoms with van der Waals surface area (Å²) in [7, 11) is 0. The molecule has 0 spiro atoms. The number of nitrogen functional groups attached to an aromatic ring is 1. The Labute approximate surface area is 119 Å². The number of hydrogen-bond donors (Lipinski definition) is 2. The maximum Gasteiger partial charge on any atom is 0.405 e. The minimum absolute atomic E-state index is 0.0174. The normalized spacial score (nSPS) is 18.1. The van der Waals surface area contributed by atoms with Crippen LogP contribution in [0.4, 0.5) is 18.9 Å². The Morgan fingerprint density at radius 2 is 2.00 bits per heavy atom. The van der Waals surface area contributed by atoms with Gasteiger partial charge in [0.1, 0.15) is 12.0 Å². The van der Waals surface area contributed by atoms with Crippen LogP contribution in [0, 0.1) is 23.7 Å². The van der Waals surface area contributed by atoms with Crippen LogP contribution in [0.5, 0.6) is 0 Å². The Morgan fingerprint density at radius 1 is 1.35 bits per heavy atom. The van der Waals surface area contributed by atoms with Crippen molar-refractivity contribution in [2.24, 2.45) is 11.8 Å². The number of alkyl halides is 3. The van der Waals surface area contributed by atoms with Crippen LogP contribution < -0.4 is 5.73 Å². The van der Waals surface area contributed by atoms with Crippen LogP contribution in [0.15, 0.2) is 18.2 Å². The van der Waals surface area contributed by atoms with Crippen molar-refractivity contribution in [3.05, 3.63) is 28.8 Å². The minimum Gasteiger partial charge on any atom is -0.398 e. The van der Waals surface area contributed by atoms with E-state index in [0.717, 1.165) is 12.8 Å². The van der Waals surface area contributed by atoms with Gasteiger partial charge in [-0.2, -0.15) is 13.2 Å². The predicted molar refractivity (Wildman–Crippen MR) is 70.9 cm³/mol. The molecule has 1 aliphatic rings. The van der Waals surface area contributed by atoms with Crippen molar-refractivity contribution < 1.29 is 18.3 Å². The maximum atomic E-state index is 13.0. The number of rotatable bonds is 2. The standard InChI is InChI=1S/C14H13ClF3NO/c15-9-4-6-12(19)10(7-9)13(20)11(14(16,17)18)5-3-8-1-2-8/h4,6-8,11,13,20H,1-2,19H2. The first-order valence-electron chi connectivity index (χ1n) is 6.10. The highest BCUT2D eigenvalue weighted by atomic mass is 35.5. The maximum absolute atomic E-state index is 13.0. The SMILES string of the molecule is Nc1ccc(Cl)cc1C(O)C(C#CC1CC1)C(F)(F)F. The van der Waals surface area contributed by atoms with Gasteiger partial charge >= 0.3 is 6.18 Å². The van der Waals surface area contributed by atoms with Gasteiger partial charge in [0.25, 0.3) is 0 Å². The van der Waals surface area contributed by atoms with Gasteiger partial charge in [-0.1, -0.05) is 23.4 Å². The lowest BCUT2D eigenvalue weighted by Gasteiger charge is -2.22. The van der Waals surface area contributed by atoms with E-state index in [0.29, 0.717) is 0 Å². The second kappa shape index (κ2) is 5.55. The Bertz CT molecular complexity index is 558. The first-order chi connectivity index (χ1) is 9.29. The molecule has 20 heavy (non-hydrogen) atoms. The highest BCUT2D eigenvalue weighted by Crippen LogP contribution is 2.39. The first-order valence-corrected chi connectivity index (χ1v) is 6.47. The highest BCUT2D eigenvalue weighted by Gasteiger charge is 2.44. The van der Waals surface area contributed by atoms with Gasteiger partial charge in [-0.15, -0.1) is 0 Å². The molecule has 0 heterocycles. The summed E-state index contributed by atoms with van der Waals surface area (Å²) in [6.45, 7) is 0. The van der Waals surface area contributed by atoms with Crippen molar-refractivity contribution in [1.82, 2.24) is 0 Å². The van der Waals surface area contributed by atoms with Gasteiger partial charge in [-0.3, -0.25) is 0 Å². The van der Waals surface area contributed by atoms with Gasteiger partial charge in [0.15, 0.2) is 0 Å². The number of aliphatic hydroxyl groups is 1. The lowest BCUT2D eigenvalue weighted by Crippen LogP contribution is -2.28. The van der Waals surface area contributed by atoms with Crippen LogP contribution in [-0.2, 0) is 0 Å². The van der Waals surface area contributed by atoms with E-state index in [1.165, 1.54) is 18.2 Å². The number of anilines is 1. The molecule has 1 aromatic rings. The van der Waals surface area contributed by atoms with Crippen molar-refractivity contribution in [1.29, 1.82) is 0 Å². The summed E-state index contributed by atoms with van der Waals surface area (Å²) in [6.07, 6.45) is -4.85. The smallest absolute Gasteiger partial charge is 0.398 e. The Kier molecular flexibility index (Phi) is 4.17. The van der Waals surface area contributed by atoms with E-state index in [9.17, 15) is 18.3 Å². The van der Waals surface area contributed by atoms with Crippen molar-refractivity contribution in [2.75, 3.05) is 5.73 Å². The molecular weight excluding hydrogens is 291 g/mol. The molecule has 0 aromatic heterocycles. The summed E-state index contributed by atoms with van der Waals surface area (Å²) in [4.78, 5) is 0. The number of halogens is 4. The predicted octanol–water partition coefficient (Wildman–Crippen LogP) is 3.55. The van der Waals surface area contributed by atoms with E-state index in [4.69, 9.17) is 17.3 Å². The fraction of sp³-hybridized carbons (Fsp3) is 0.429. The second-order valence-corrected chi connectivity index (χ2v) is 5.24. The van der Waals surface area contributed by atoms with Gasteiger partial charge in [0.05, 0.1) is 0 Å². The summed E-state index contributed by atoms with van der Waals surface area (Å²) >= 11 is 5.73. The van der Waals surface area contributed by atoms with Crippen molar-refractivity contribution in [3.8, 4) is 11.8 Å². The molecule has 1 saturated carbocycles. The molecule has 0 amide bonds. The first kappa shape index (κ1) is 15.0. The Hall–Kier alpha value is -1.38. The van der Waals surface area contributed by atoms with Crippen LogP contribution in [0.2, 0.25) is 5.02 Å². The van der Waals surface area contributed by atoms with E-state index in [-0.39, 0.29) is 22.2 Å². The quantitative estimate of drug-likeness (QED) is 0.648. The number of benzene rings is 1. The fourth-order valence-corrected chi connectivity index (χ4v) is 1.94. The largest absolute Gasteiger partial charge is 0.405 e. The van der Waals surface area contributed by atoms with Gasteiger partial charge in [0.2, 0.25) is 0 Å². The van der Waals surface area contributed by atoms with E-state index >= 15 is 0 Å². The fourth-order valence-electron chi connectivity index (χ4n) is 1.76. The summed E-state index contributed by atoms with van der Waals surface area (Å²) in [5.74, 6) is 2.54. The summed E-state index contributed by atoms with van der Waals surface area (Å²) in [6, 6.07) is 4.05. The van der Waals surface area contributed by atoms with Crippen LogP contribution in [0.3, 0.4) is 0 Å². The van der Waals surface area contributed by atoms with Gasteiger partial charge < -0.3 is 10.8 Å². The molecule has 1 aromatic carbocycles. The number of nitrogens with two attached hydrogens (primary N) is 1. The molecule has 6 heteroatoms. The van der Waals surface area contributed by atoms with Crippen LogP contribution >= 0.6 is 11.6 Å². The third-order valence-corrected chi connectivity index (χ3v) is 3.29. The van der Waals surface area contributed by atoms with Crippen molar-refractivity contribution in [3.63, 3.8) is 0 Å². The molecule has 0 bridgehead atoms. The van der Waals surface area contributed by atoms with E-state index in [1.807, 2.05) is 0 Å². The molecule has 1 fully saturated rings. The zero-order valence-electron chi connectivity index (χ0n) is 10.4. The molecule has 2 nitrogen and oxygen atoms in total. The average Bonchev–Trinajstić information content (AvgIpc) is 3.14. The van der Waals surface area contributed by atoms with Crippen LogP contribution in [0.25, 0.3) is 0 Å². The molecule has 3 N–H and O–H groups in total. The minimum atomic E-state index is -4.63. The van der Waals surface area contributed by atoms with Crippen LogP contribution in [-0.4, -0.2) is 11.3 Å². The lowest BCUT2D eigenvalue weighted by atomic mass is 9.94. The Balaban J connectivity index is 2.32. The lowest BCUT2D eigenvalue weighted by molar-refractivity contribution is -0.182. The molecule has 1 aliphatic carbocycles. The van der Waals surface area contributed by atoms with Gasteiger partial charge in [0, 0.05) is 22.2 Å². The topological polar surface area (TPSA) is 46.2 Å². The molecule has 2 rings (SSSR count).